The summed E-state index contributed by atoms with van der Waals surface area (Å²) in [7, 11) is 0. The number of hydrogen-bond acceptors (Lipinski definition) is 3. The van der Waals surface area contributed by atoms with Crippen LogP contribution in [0, 0.1) is 5.92 Å². The summed E-state index contributed by atoms with van der Waals surface area (Å²) in [5.74, 6) is 1.97. The molecule has 0 saturated carbocycles. The van der Waals surface area contributed by atoms with E-state index in [0.717, 1.165) is 38.4 Å². The molecule has 22 heavy (non-hydrogen) atoms. The van der Waals surface area contributed by atoms with Crippen molar-refractivity contribution in [2.75, 3.05) is 19.6 Å². The molecule has 1 amide bonds. The topological polar surface area (TPSA) is 52.2 Å². The Morgan fingerprint density at radius 1 is 1.36 bits per heavy atom. The molecule has 2 bridgehead atoms. The van der Waals surface area contributed by atoms with Crippen molar-refractivity contribution >= 4 is 5.91 Å². The molecule has 122 valence electrons. The van der Waals surface area contributed by atoms with Crippen molar-refractivity contribution < 1.29 is 4.79 Å². The van der Waals surface area contributed by atoms with Crippen molar-refractivity contribution in [2.24, 2.45) is 5.92 Å². The van der Waals surface area contributed by atoms with E-state index in [4.69, 9.17) is 0 Å². The standard InChI is InChI=1S/C17H28N4O/c1-3-4-5-17-18-8-15(19-17)11-21-10-14-6-7-16(21)12-20(9-14)13(2)22/h8,14,16H,3-7,9-12H2,1-2H3,(H,18,19)/t14-,16+/m1/s1. The quantitative estimate of drug-likeness (QED) is 0.907. The minimum atomic E-state index is 0.224. The number of aryl methyl sites for hydroxylation is 1. The van der Waals surface area contributed by atoms with Gasteiger partial charge in [-0.3, -0.25) is 9.69 Å². The number of hydrogen-bond donors (Lipinski definition) is 1. The van der Waals surface area contributed by atoms with Crippen molar-refractivity contribution in [3.63, 3.8) is 0 Å². The third-order valence-electron chi connectivity index (χ3n) is 5.09. The first-order valence-corrected chi connectivity index (χ1v) is 8.68. The van der Waals surface area contributed by atoms with Crippen molar-refractivity contribution in [3.05, 3.63) is 17.7 Å². The van der Waals surface area contributed by atoms with E-state index in [1.807, 2.05) is 11.1 Å². The summed E-state index contributed by atoms with van der Waals surface area (Å²) in [6.45, 7) is 7.78. The normalized spacial score (nSPS) is 25.5. The SMILES string of the molecule is CCCCc1ncc(CN2C[C@@H]3CC[C@H]2CN(C(C)=O)C3)[nH]1. The predicted octanol–water partition coefficient (Wildman–Crippen LogP) is 2.19. The number of carbonyl (C=O) groups excluding carboxylic acids is 1. The molecule has 3 aliphatic heterocycles. The third kappa shape index (κ3) is 3.51. The monoisotopic (exact) mass is 304 g/mol. The van der Waals surface area contributed by atoms with Gasteiger partial charge in [0.25, 0.3) is 0 Å². The molecule has 3 fully saturated rings. The lowest BCUT2D eigenvalue weighted by Crippen LogP contribution is -2.43. The van der Waals surface area contributed by atoms with Crippen LogP contribution in [0.1, 0.15) is 51.0 Å². The number of amides is 1. The fourth-order valence-corrected chi connectivity index (χ4v) is 3.81. The van der Waals surface area contributed by atoms with Gasteiger partial charge in [0.2, 0.25) is 5.91 Å². The Kier molecular flexibility index (Phi) is 4.81. The van der Waals surface area contributed by atoms with E-state index < -0.39 is 0 Å². The van der Waals surface area contributed by atoms with Crippen molar-refractivity contribution in [1.29, 1.82) is 0 Å². The van der Waals surface area contributed by atoms with Crippen LogP contribution in [0.4, 0.5) is 0 Å². The maximum atomic E-state index is 11.7. The summed E-state index contributed by atoms with van der Waals surface area (Å²) in [5, 5.41) is 0. The van der Waals surface area contributed by atoms with Gasteiger partial charge >= 0.3 is 0 Å². The average molecular weight is 304 g/mol. The van der Waals surface area contributed by atoms with Gasteiger partial charge in [-0.25, -0.2) is 4.98 Å². The maximum Gasteiger partial charge on any atom is 0.219 e. The van der Waals surface area contributed by atoms with Crippen LogP contribution in [0.15, 0.2) is 6.20 Å². The van der Waals surface area contributed by atoms with Crippen molar-refractivity contribution in [2.45, 2.75) is 58.5 Å². The van der Waals surface area contributed by atoms with Gasteiger partial charge in [-0.15, -0.1) is 0 Å². The molecule has 3 saturated heterocycles. The Hall–Kier alpha value is -1.36. The lowest BCUT2D eigenvalue weighted by molar-refractivity contribution is -0.129. The second-order valence-electron chi connectivity index (χ2n) is 6.91. The smallest absolute Gasteiger partial charge is 0.219 e. The first-order chi connectivity index (χ1) is 10.7. The van der Waals surface area contributed by atoms with Gasteiger partial charge in [-0.2, -0.15) is 0 Å². The Bertz CT molecular complexity index is 513. The third-order valence-corrected chi connectivity index (χ3v) is 5.09. The van der Waals surface area contributed by atoms with Crippen LogP contribution >= 0.6 is 0 Å². The van der Waals surface area contributed by atoms with Crippen LogP contribution < -0.4 is 0 Å². The van der Waals surface area contributed by atoms with E-state index in [1.165, 1.54) is 31.4 Å². The second-order valence-corrected chi connectivity index (χ2v) is 6.91. The zero-order valence-corrected chi connectivity index (χ0v) is 13.8. The predicted molar refractivity (Wildman–Crippen MR) is 86.4 cm³/mol. The molecule has 5 heteroatoms. The molecule has 0 spiro atoms. The number of rotatable bonds is 5. The van der Waals surface area contributed by atoms with Crippen LogP contribution in [0.25, 0.3) is 0 Å². The molecular weight excluding hydrogens is 276 g/mol. The zero-order valence-electron chi connectivity index (χ0n) is 13.8. The number of fused-ring (bicyclic) bond motifs is 4. The van der Waals surface area contributed by atoms with Gasteiger partial charge in [0.05, 0.1) is 0 Å². The fraction of sp³-hybridized carbons (Fsp3) is 0.765. The molecule has 1 aromatic heterocycles. The molecule has 0 aromatic carbocycles. The van der Waals surface area contributed by atoms with Gasteiger partial charge < -0.3 is 9.88 Å². The number of imidazole rings is 1. The largest absolute Gasteiger partial charge is 0.345 e. The lowest BCUT2D eigenvalue weighted by atomic mass is 9.95. The summed E-state index contributed by atoms with van der Waals surface area (Å²) in [5.41, 5.74) is 1.22. The Morgan fingerprint density at radius 2 is 2.23 bits per heavy atom. The molecule has 0 unspecified atom stereocenters. The number of aromatic nitrogens is 2. The number of H-pyrrole nitrogens is 1. The molecule has 2 atom stereocenters. The summed E-state index contributed by atoms with van der Waals surface area (Å²) in [6.07, 6.45) is 7.90. The van der Waals surface area contributed by atoms with Crippen LogP contribution in [0.3, 0.4) is 0 Å². The van der Waals surface area contributed by atoms with Gasteiger partial charge in [0.1, 0.15) is 5.82 Å². The number of aromatic amines is 1. The van der Waals surface area contributed by atoms with Gasteiger partial charge in [-0.05, 0) is 25.2 Å². The van der Waals surface area contributed by atoms with E-state index in [0.29, 0.717) is 12.0 Å². The van der Waals surface area contributed by atoms with Crippen molar-refractivity contribution in [1.82, 2.24) is 19.8 Å². The summed E-state index contributed by atoms with van der Waals surface area (Å²) < 4.78 is 0. The molecule has 4 rings (SSSR count). The number of unbranched alkanes of at least 4 members (excludes halogenated alkanes) is 1. The first-order valence-electron chi connectivity index (χ1n) is 8.68. The zero-order chi connectivity index (χ0) is 15.5. The van der Waals surface area contributed by atoms with Crippen LogP contribution in [0.2, 0.25) is 0 Å². The average Bonchev–Trinajstić information content (AvgIpc) is 2.73. The van der Waals surface area contributed by atoms with Crippen molar-refractivity contribution in [3.8, 4) is 0 Å². The minimum absolute atomic E-state index is 0.224. The maximum absolute atomic E-state index is 11.7. The highest BCUT2D eigenvalue weighted by Crippen LogP contribution is 2.29. The molecule has 4 heterocycles. The molecule has 5 nitrogen and oxygen atoms in total. The summed E-state index contributed by atoms with van der Waals surface area (Å²) in [6, 6.07) is 0.505. The number of nitrogens with zero attached hydrogens (tertiary/aromatic N) is 3. The molecule has 0 aliphatic carbocycles. The molecule has 0 radical (unpaired) electrons. The highest BCUT2D eigenvalue weighted by atomic mass is 16.2. The van der Waals surface area contributed by atoms with E-state index in [1.54, 1.807) is 6.92 Å². The highest BCUT2D eigenvalue weighted by Gasteiger charge is 2.35. The molecule has 3 aliphatic rings. The van der Waals surface area contributed by atoms with E-state index in [-0.39, 0.29) is 5.91 Å². The van der Waals surface area contributed by atoms with E-state index in [2.05, 4.69) is 21.8 Å². The van der Waals surface area contributed by atoms with Gasteiger partial charge in [0, 0.05) is 57.5 Å². The molecule has 1 aromatic rings. The number of carbonyl (C=O) groups is 1. The van der Waals surface area contributed by atoms with E-state index >= 15 is 0 Å². The van der Waals surface area contributed by atoms with Crippen LogP contribution in [-0.2, 0) is 17.8 Å². The minimum Gasteiger partial charge on any atom is -0.345 e. The fourth-order valence-electron chi connectivity index (χ4n) is 3.81. The van der Waals surface area contributed by atoms with Gasteiger partial charge in [0.15, 0.2) is 0 Å². The molecular formula is C17H28N4O. The second kappa shape index (κ2) is 6.82. The summed E-state index contributed by atoms with van der Waals surface area (Å²) in [4.78, 5) is 24.3. The Morgan fingerprint density at radius 3 is 3.00 bits per heavy atom. The molecule has 1 N–H and O–H groups in total. The first kappa shape index (κ1) is 15.5. The van der Waals surface area contributed by atoms with Gasteiger partial charge in [-0.1, -0.05) is 13.3 Å². The Balaban J connectivity index is 1.63. The summed E-state index contributed by atoms with van der Waals surface area (Å²) >= 11 is 0. The highest BCUT2D eigenvalue weighted by molar-refractivity contribution is 5.73. The van der Waals surface area contributed by atoms with E-state index in [9.17, 15) is 4.79 Å². The number of nitrogens with one attached hydrogen (secondary N) is 1. The Labute approximate surface area is 133 Å². The van der Waals surface area contributed by atoms with Crippen LogP contribution in [-0.4, -0.2) is 51.4 Å². The van der Waals surface area contributed by atoms with Crippen LogP contribution in [0.5, 0.6) is 0 Å². The lowest BCUT2D eigenvalue weighted by Gasteiger charge is -2.35. The number of piperidine rings is 1.